The van der Waals surface area contributed by atoms with Gasteiger partial charge in [0.25, 0.3) is 0 Å². The molecule has 1 unspecified atom stereocenters. The van der Waals surface area contributed by atoms with Crippen molar-refractivity contribution in [3.63, 3.8) is 0 Å². The molecule has 0 saturated carbocycles. The molecule has 3 nitrogen and oxygen atoms in total. The molecule has 18 heavy (non-hydrogen) atoms. The third-order valence-corrected chi connectivity index (χ3v) is 4.10. The minimum absolute atomic E-state index is 0.427. The van der Waals surface area contributed by atoms with Gasteiger partial charge in [-0.05, 0) is 24.6 Å². The minimum atomic E-state index is -4.41. The van der Waals surface area contributed by atoms with Crippen LogP contribution in [0.1, 0.15) is 24.1 Å². The second kappa shape index (κ2) is 5.46. The van der Waals surface area contributed by atoms with Crippen LogP contribution >= 0.6 is 11.6 Å². The molecule has 0 aliphatic heterocycles. The molecule has 0 aromatic heterocycles. The van der Waals surface area contributed by atoms with Gasteiger partial charge < -0.3 is 0 Å². The van der Waals surface area contributed by atoms with E-state index >= 15 is 0 Å². The van der Waals surface area contributed by atoms with Crippen molar-refractivity contribution in [3.8, 4) is 0 Å². The fraction of sp³-hybridized carbons (Fsp3) is 0.400. The van der Waals surface area contributed by atoms with Gasteiger partial charge in [-0.1, -0.05) is 12.1 Å². The van der Waals surface area contributed by atoms with Crippen LogP contribution in [0, 0.1) is 0 Å². The maximum atomic E-state index is 12.3. The molecule has 0 aliphatic carbocycles. The second-order valence-electron chi connectivity index (χ2n) is 3.68. The van der Waals surface area contributed by atoms with Crippen LogP contribution in [0.25, 0.3) is 0 Å². The van der Waals surface area contributed by atoms with Gasteiger partial charge in [0.05, 0.1) is 5.56 Å². The van der Waals surface area contributed by atoms with Crippen LogP contribution in [0.4, 0.5) is 13.2 Å². The Morgan fingerprint density at radius 3 is 2.17 bits per heavy atom. The molecule has 1 N–H and O–H groups in total. The third-order valence-electron chi connectivity index (χ3n) is 2.24. The first-order valence-electron chi connectivity index (χ1n) is 4.89. The Labute approximate surface area is 108 Å². The number of alkyl halides is 4. The van der Waals surface area contributed by atoms with Gasteiger partial charge in [0.15, 0.2) is 0 Å². The first-order valence-corrected chi connectivity index (χ1v) is 7.07. The summed E-state index contributed by atoms with van der Waals surface area (Å²) in [5.74, 6) is 0. The van der Waals surface area contributed by atoms with Gasteiger partial charge in [0.2, 0.25) is 10.0 Å². The van der Waals surface area contributed by atoms with Crippen LogP contribution in [-0.4, -0.2) is 13.6 Å². The van der Waals surface area contributed by atoms with Crippen molar-refractivity contribution in [2.45, 2.75) is 19.1 Å². The third kappa shape index (κ3) is 4.15. The van der Waals surface area contributed by atoms with Gasteiger partial charge in [0.1, 0.15) is 5.21 Å². The van der Waals surface area contributed by atoms with Gasteiger partial charge in [-0.3, -0.25) is 0 Å². The smallest absolute Gasteiger partial charge is 0.211 e. The molecule has 102 valence electrons. The minimum Gasteiger partial charge on any atom is -0.211 e. The zero-order valence-electron chi connectivity index (χ0n) is 9.33. The molecule has 0 heterocycles. The summed E-state index contributed by atoms with van der Waals surface area (Å²) in [7, 11) is -3.61. The van der Waals surface area contributed by atoms with Gasteiger partial charge in [-0.25, -0.2) is 13.1 Å². The number of rotatable bonds is 4. The molecular weight excluding hydrogens is 291 g/mol. The largest absolute Gasteiger partial charge is 0.416 e. The summed E-state index contributed by atoms with van der Waals surface area (Å²) >= 11 is 5.21. The highest BCUT2D eigenvalue weighted by Crippen LogP contribution is 2.29. The van der Waals surface area contributed by atoms with Crippen molar-refractivity contribution in [3.05, 3.63) is 35.4 Å². The number of benzene rings is 1. The molecule has 0 aliphatic rings. The molecule has 0 radical (unpaired) electrons. The van der Waals surface area contributed by atoms with E-state index in [1.807, 2.05) is 0 Å². The molecule has 0 fully saturated rings. The topological polar surface area (TPSA) is 46.2 Å². The SMILES string of the molecule is CC(NS(=O)(=O)CCl)c1ccc(C(F)(F)F)cc1. The van der Waals surface area contributed by atoms with Crippen molar-refractivity contribution in [1.29, 1.82) is 0 Å². The quantitative estimate of drug-likeness (QED) is 0.869. The van der Waals surface area contributed by atoms with E-state index < -0.39 is 33.0 Å². The lowest BCUT2D eigenvalue weighted by Crippen LogP contribution is -2.27. The van der Waals surface area contributed by atoms with Gasteiger partial charge in [0, 0.05) is 6.04 Å². The molecule has 1 atom stereocenters. The lowest BCUT2D eigenvalue weighted by Gasteiger charge is -2.14. The van der Waals surface area contributed by atoms with E-state index in [2.05, 4.69) is 4.72 Å². The van der Waals surface area contributed by atoms with Crippen LogP contribution in [0.2, 0.25) is 0 Å². The first kappa shape index (κ1) is 15.3. The summed E-state index contributed by atoms with van der Waals surface area (Å²) in [5, 5.41) is -0.599. The van der Waals surface area contributed by atoms with Crippen molar-refractivity contribution < 1.29 is 21.6 Å². The molecule has 8 heteroatoms. The maximum Gasteiger partial charge on any atom is 0.416 e. The summed E-state index contributed by atoms with van der Waals surface area (Å²) in [4.78, 5) is 0. The molecule has 1 aromatic carbocycles. The van der Waals surface area contributed by atoms with E-state index in [9.17, 15) is 21.6 Å². The maximum absolute atomic E-state index is 12.3. The van der Waals surface area contributed by atoms with Crippen LogP contribution in [0.3, 0.4) is 0 Å². The van der Waals surface area contributed by atoms with Crippen molar-refractivity contribution >= 4 is 21.6 Å². The Balaban J connectivity index is 2.86. The molecule has 1 aromatic rings. The first-order chi connectivity index (χ1) is 8.15. The van der Waals surface area contributed by atoms with Crippen LogP contribution in [0.15, 0.2) is 24.3 Å². The van der Waals surface area contributed by atoms with E-state index in [4.69, 9.17) is 11.6 Å². The molecule has 0 saturated heterocycles. The highest BCUT2D eigenvalue weighted by atomic mass is 35.5. The average molecular weight is 302 g/mol. The molecule has 0 spiro atoms. The van der Waals surface area contributed by atoms with Crippen LogP contribution in [0.5, 0.6) is 0 Å². The fourth-order valence-corrected chi connectivity index (χ4v) is 2.26. The highest BCUT2D eigenvalue weighted by molar-refractivity contribution is 7.90. The Morgan fingerprint density at radius 2 is 1.78 bits per heavy atom. The number of halogens is 4. The van der Waals surface area contributed by atoms with Crippen LogP contribution in [-0.2, 0) is 16.2 Å². The Hall–Kier alpha value is -0.790. The van der Waals surface area contributed by atoms with E-state index in [1.54, 1.807) is 0 Å². The molecule has 0 bridgehead atoms. The summed E-state index contributed by atoms with van der Waals surface area (Å²) in [6.07, 6.45) is -4.41. The van der Waals surface area contributed by atoms with Gasteiger partial charge in [-0.2, -0.15) is 13.2 Å². The lowest BCUT2D eigenvalue weighted by atomic mass is 10.1. The fourth-order valence-electron chi connectivity index (χ4n) is 1.33. The lowest BCUT2D eigenvalue weighted by molar-refractivity contribution is -0.137. The monoisotopic (exact) mass is 301 g/mol. The standard InChI is InChI=1S/C10H11ClF3NO2S/c1-7(15-18(16,17)6-11)8-2-4-9(5-3-8)10(12,13)14/h2-5,7,15H,6H2,1H3. The number of hydrogen-bond acceptors (Lipinski definition) is 2. The summed E-state index contributed by atoms with van der Waals surface area (Å²) in [6, 6.07) is 3.62. The van der Waals surface area contributed by atoms with Crippen molar-refractivity contribution in [1.82, 2.24) is 4.72 Å². The van der Waals surface area contributed by atoms with Crippen molar-refractivity contribution in [2.75, 3.05) is 5.21 Å². The second-order valence-corrected chi connectivity index (χ2v) is 6.02. The molecule has 0 amide bonds. The molecular formula is C10H11ClF3NO2S. The predicted octanol–water partition coefficient (Wildman–Crippen LogP) is 2.88. The number of sulfonamides is 1. The molecule has 1 rings (SSSR count). The van der Waals surface area contributed by atoms with Crippen molar-refractivity contribution in [2.24, 2.45) is 0 Å². The van der Waals surface area contributed by atoms with Gasteiger partial charge >= 0.3 is 6.18 Å². The number of nitrogens with one attached hydrogen (secondary N) is 1. The van der Waals surface area contributed by atoms with E-state index in [0.29, 0.717) is 5.56 Å². The Bertz CT molecular complexity index is 499. The van der Waals surface area contributed by atoms with E-state index in [1.165, 1.54) is 19.1 Å². The average Bonchev–Trinajstić information content (AvgIpc) is 2.27. The zero-order chi connectivity index (χ0) is 14.0. The van der Waals surface area contributed by atoms with E-state index in [-0.39, 0.29) is 0 Å². The predicted molar refractivity (Wildman–Crippen MR) is 62.6 cm³/mol. The van der Waals surface area contributed by atoms with E-state index in [0.717, 1.165) is 12.1 Å². The Morgan fingerprint density at radius 1 is 1.28 bits per heavy atom. The Kier molecular flexibility index (Phi) is 4.63. The normalized spacial score (nSPS) is 14.5. The highest BCUT2D eigenvalue weighted by Gasteiger charge is 2.30. The number of hydrogen-bond donors (Lipinski definition) is 1. The van der Waals surface area contributed by atoms with Crippen LogP contribution < -0.4 is 4.72 Å². The summed E-state index contributed by atoms with van der Waals surface area (Å²) < 4.78 is 61.6. The summed E-state index contributed by atoms with van der Waals surface area (Å²) in [6.45, 7) is 1.52. The van der Waals surface area contributed by atoms with Gasteiger partial charge in [-0.15, -0.1) is 11.6 Å². The summed E-state index contributed by atoms with van der Waals surface area (Å²) in [5.41, 5.74) is -0.352. The zero-order valence-corrected chi connectivity index (χ0v) is 10.9.